The van der Waals surface area contributed by atoms with Gasteiger partial charge in [-0.15, -0.1) is 11.3 Å². The Hall–Kier alpha value is -0.710. The van der Waals surface area contributed by atoms with Gasteiger partial charge in [0.05, 0.1) is 5.69 Å². The Bertz CT molecular complexity index is 452. The third kappa shape index (κ3) is 2.27. The molecule has 1 unspecified atom stereocenters. The first-order valence-corrected chi connectivity index (χ1v) is 6.19. The summed E-state index contributed by atoms with van der Waals surface area (Å²) in [6.45, 7) is 2.00. The van der Waals surface area contributed by atoms with Crippen molar-refractivity contribution in [1.29, 1.82) is 0 Å². The van der Waals surface area contributed by atoms with Crippen molar-refractivity contribution in [2.45, 2.75) is 13.0 Å². The van der Waals surface area contributed by atoms with Crippen LogP contribution in [0.3, 0.4) is 0 Å². The minimum atomic E-state index is -0.621. The maximum absolute atomic E-state index is 10.1. The Balaban J connectivity index is 2.32. The van der Waals surface area contributed by atoms with Gasteiger partial charge in [-0.3, -0.25) is 4.98 Å². The molecule has 0 aromatic carbocycles. The van der Waals surface area contributed by atoms with Gasteiger partial charge in [-0.25, -0.2) is 0 Å². The van der Waals surface area contributed by atoms with Crippen LogP contribution in [0.25, 0.3) is 0 Å². The summed E-state index contributed by atoms with van der Waals surface area (Å²) in [4.78, 5) is 5.31. The van der Waals surface area contributed by atoms with Crippen LogP contribution in [0.4, 0.5) is 0 Å². The summed E-state index contributed by atoms with van der Waals surface area (Å²) in [5, 5.41) is 12.1. The Morgan fingerprint density at radius 3 is 2.73 bits per heavy atom. The van der Waals surface area contributed by atoms with Gasteiger partial charge in [-0.1, -0.05) is 0 Å². The highest BCUT2D eigenvalue weighted by molar-refractivity contribution is 9.10. The van der Waals surface area contributed by atoms with Crippen molar-refractivity contribution in [3.05, 3.63) is 50.4 Å². The molecule has 2 rings (SSSR count). The lowest BCUT2D eigenvalue weighted by Gasteiger charge is -2.09. The van der Waals surface area contributed by atoms with Crippen molar-refractivity contribution in [2.75, 3.05) is 0 Å². The number of rotatable bonds is 2. The van der Waals surface area contributed by atoms with E-state index in [9.17, 15) is 5.11 Å². The molecule has 1 atom stereocenters. The van der Waals surface area contributed by atoms with Crippen LogP contribution in [0, 0.1) is 6.92 Å². The Kier molecular flexibility index (Phi) is 3.19. The molecule has 0 amide bonds. The van der Waals surface area contributed by atoms with E-state index in [-0.39, 0.29) is 0 Å². The summed E-state index contributed by atoms with van der Waals surface area (Å²) >= 11 is 4.95. The van der Waals surface area contributed by atoms with E-state index < -0.39 is 6.10 Å². The van der Waals surface area contributed by atoms with Crippen LogP contribution >= 0.6 is 27.3 Å². The van der Waals surface area contributed by atoms with Crippen molar-refractivity contribution >= 4 is 27.3 Å². The number of aliphatic hydroxyl groups excluding tert-OH is 1. The van der Waals surface area contributed by atoms with E-state index in [0.29, 0.717) is 5.69 Å². The van der Waals surface area contributed by atoms with Crippen molar-refractivity contribution < 1.29 is 5.11 Å². The Labute approximate surface area is 101 Å². The van der Waals surface area contributed by atoms with Crippen LogP contribution in [0.5, 0.6) is 0 Å². The number of pyridine rings is 1. The first kappa shape index (κ1) is 10.8. The fraction of sp³-hybridized carbons (Fsp3) is 0.182. The third-order valence-electron chi connectivity index (χ3n) is 2.22. The second-order valence-electron chi connectivity index (χ2n) is 3.24. The molecule has 0 bridgehead atoms. The number of aliphatic hydroxyl groups is 1. The SMILES string of the molecule is Cc1sccc1C(O)c1ccc(Br)cn1. The zero-order valence-electron chi connectivity index (χ0n) is 8.14. The second kappa shape index (κ2) is 4.43. The highest BCUT2D eigenvalue weighted by atomic mass is 79.9. The maximum atomic E-state index is 10.1. The van der Waals surface area contributed by atoms with Crippen LogP contribution in [-0.2, 0) is 0 Å². The van der Waals surface area contributed by atoms with E-state index in [2.05, 4.69) is 20.9 Å². The van der Waals surface area contributed by atoms with Gasteiger partial charge in [0.15, 0.2) is 0 Å². The van der Waals surface area contributed by atoms with E-state index in [4.69, 9.17) is 0 Å². The molecule has 15 heavy (non-hydrogen) atoms. The lowest BCUT2D eigenvalue weighted by atomic mass is 10.1. The van der Waals surface area contributed by atoms with Gasteiger partial charge in [0.1, 0.15) is 6.10 Å². The molecule has 0 aliphatic carbocycles. The highest BCUT2D eigenvalue weighted by Crippen LogP contribution is 2.27. The Morgan fingerprint density at radius 1 is 1.40 bits per heavy atom. The molecule has 0 fully saturated rings. The lowest BCUT2D eigenvalue weighted by molar-refractivity contribution is 0.215. The molecule has 0 aliphatic rings. The fourth-order valence-corrected chi connectivity index (χ4v) is 2.36. The average molecular weight is 284 g/mol. The monoisotopic (exact) mass is 283 g/mol. The van der Waals surface area contributed by atoms with Gasteiger partial charge in [-0.2, -0.15) is 0 Å². The molecule has 0 saturated carbocycles. The molecule has 2 aromatic rings. The smallest absolute Gasteiger partial charge is 0.122 e. The first-order chi connectivity index (χ1) is 7.18. The van der Waals surface area contributed by atoms with E-state index in [1.54, 1.807) is 17.5 Å². The molecule has 0 aliphatic heterocycles. The van der Waals surface area contributed by atoms with Gasteiger partial charge in [0.25, 0.3) is 0 Å². The predicted molar refractivity (Wildman–Crippen MR) is 65.1 cm³/mol. The molecule has 2 heterocycles. The number of halogens is 1. The number of thiophene rings is 1. The van der Waals surface area contributed by atoms with Gasteiger partial charge >= 0.3 is 0 Å². The second-order valence-corrected chi connectivity index (χ2v) is 5.27. The molecule has 2 aromatic heterocycles. The van der Waals surface area contributed by atoms with Gasteiger partial charge in [0, 0.05) is 21.1 Å². The molecule has 0 radical (unpaired) electrons. The van der Waals surface area contributed by atoms with Crippen LogP contribution in [0.1, 0.15) is 22.2 Å². The summed E-state index contributed by atoms with van der Waals surface area (Å²) in [6, 6.07) is 5.65. The average Bonchev–Trinajstić information content (AvgIpc) is 2.65. The molecular formula is C11H10BrNOS. The summed E-state index contributed by atoms with van der Waals surface area (Å²) in [7, 11) is 0. The molecule has 1 N–H and O–H groups in total. The topological polar surface area (TPSA) is 33.1 Å². The first-order valence-electron chi connectivity index (χ1n) is 4.52. The van der Waals surface area contributed by atoms with Gasteiger partial charge in [-0.05, 0) is 46.4 Å². The summed E-state index contributed by atoms with van der Waals surface area (Å²) < 4.78 is 0.917. The molecular weight excluding hydrogens is 274 g/mol. The number of nitrogens with zero attached hydrogens (tertiary/aromatic N) is 1. The quantitative estimate of drug-likeness (QED) is 0.918. The van der Waals surface area contributed by atoms with Crippen LogP contribution in [0.2, 0.25) is 0 Å². The summed E-state index contributed by atoms with van der Waals surface area (Å²) in [5.41, 5.74) is 1.62. The lowest BCUT2D eigenvalue weighted by Crippen LogP contribution is -2.01. The molecule has 2 nitrogen and oxygen atoms in total. The number of aromatic nitrogens is 1. The third-order valence-corrected chi connectivity index (χ3v) is 3.55. The van der Waals surface area contributed by atoms with Gasteiger partial charge < -0.3 is 5.11 Å². The maximum Gasteiger partial charge on any atom is 0.122 e. The summed E-state index contributed by atoms with van der Waals surface area (Å²) in [6.07, 6.45) is 1.07. The standard InChI is InChI=1S/C11H10BrNOS/c1-7-9(4-5-15-7)11(14)10-3-2-8(12)6-13-10/h2-6,11,14H,1H3. The van der Waals surface area contributed by atoms with Crippen molar-refractivity contribution in [1.82, 2.24) is 4.98 Å². The minimum Gasteiger partial charge on any atom is -0.382 e. The number of hydrogen-bond donors (Lipinski definition) is 1. The zero-order chi connectivity index (χ0) is 10.8. The fourth-order valence-electron chi connectivity index (χ4n) is 1.39. The largest absolute Gasteiger partial charge is 0.382 e. The van der Waals surface area contributed by atoms with Crippen LogP contribution < -0.4 is 0 Å². The van der Waals surface area contributed by atoms with E-state index in [1.165, 1.54) is 0 Å². The van der Waals surface area contributed by atoms with Crippen molar-refractivity contribution in [3.8, 4) is 0 Å². The zero-order valence-corrected chi connectivity index (χ0v) is 10.5. The summed E-state index contributed by atoms with van der Waals surface area (Å²) in [5.74, 6) is 0. The van der Waals surface area contributed by atoms with Crippen LogP contribution in [0.15, 0.2) is 34.2 Å². The van der Waals surface area contributed by atoms with Crippen LogP contribution in [-0.4, -0.2) is 10.1 Å². The number of hydrogen-bond acceptors (Lipinski definition) is 3. The van der Waals surface area contributed by atoms with Crippen molar-refractivity contribution in [3.63, 3.8) is 0 Å². The molecule has 0 spiro atoms. The molecule has 78 valence electrons. The normalized spacial score (nSPS) is 12.7. The van der Waals surface area contributed by atoms with Crippen molar-refractivity contribution in [2.24, 2.45) is 0 Å². The van der Waals surface area contributed by atoms with E-state index >= 15 is 0 Å². The van der Waals surface area contributed by atoms with E-state index in [0.717, 1.165) is 14.9 Å². The van der Waals surface area contributed by atoms with E-state index in [1.807, 2.05) is 30.5 Å². The molecule has 4 heteroatoms. The Morgan fingerprint density at radius 2 is 2.20 bits per heavy atom. The number of aryl methyl sites for hydroxylation is 1. The minimum absolute atomic E-state index is 0.621. The molecule has 0 saturated heterocycles. The van der Waals surface area contributed by atoms with Gasteiger partial charge in [0.2, 0.25) is 0 Å². The predicted octanol–water partition coefficient (Wildman–Crippen LogP) is 3.30. The highest BCUT2D eigenvalue weighted by Gasteiger charge is 2.14.